The van der Waals surface area contributed by atoms with Crippen molar-refractivity contribution in [3.8, 4) is 5.75 Å². The predicted molar refractivity (Wildman–Crippen MR) is 66.4 cm³/mol. The molecule has 0 atom stereocenters. The monoisotopic (exact) mass is 254 g/mol. The van der Waals surface area contributed by atoms with Crippen molar-refractivity contribution in [3.05, 3.63) is 29.3 Å². The zero-order valence-corrected chi connectivity index (χ0v) is 10.4. The molecular formula is C12H15ClN2O2. The smallest absolute Gasteiger partial charge is 0.260 e. The van der Waals surface area contributed by atoms with Gasteiger partial charge in [0.25, 0.3) is 5.91 Å². The Balaban J connectivity index is 1.81. The van der Waals surface area contributed by atoms with Crippen LogP contribution in [-0.2, 0) is 4.79 Å². The topological polar surface area (TPSA) is 41.6 Å². The summed E-state index contributed by atoms with van der Waals surface area (Å²) in [5.74, 6) is 0.648. The molecule has 1 fully saturated rings. The molecule has 0 bridgehead atoms. The highest BCUT2D eigenvalue weighted by Crippen LogP contribution is 2.15. The largest absolute Gasteiger partial charge is 0.484 e. The van der Waals surface area contributed by atoms with Crippen molar-refractivity contribution >= 4 is 17.5 Å². The number of likely N-dealkylation sites (N-methyl/N-ethyl adjacent to an activating group) is 1. The van der Waals surface area contributed by atoms with Gasteiger partial charge in [-0.1, -0.05) is 11.6 Å². The highest BCUT2D eigenvalue weighted by atomic mass is 35.5. The van der Waals surface area contributed by atoms with Gasteiger partial charge >= 0.3 is 0 Å². The molecule has 1 aliphatic heterocycles. The zero-order chi connectivity index (χ0) is 12.3. The summed E-state index contributed by atoms with van der Waals surface area (Å²) in [6.07, 6.45) is 0. The van der Waals surface area contributed by atoms with Gasteiger partial charge < -0.3 is 15.0 Å². The van der Waals surface area contributed by atoms with Crippen LogP contribution in [-0.4, -0.2) is 43.6 Å². The molecule has 1 amide bonds. The fourth-order valence-electron chi connectivity index (χ4n) is 1.53. The van der Waals surface area contributed by atoms with Gasteiger partial charge in [0, 0.05) is 25.2 Å². The van der Waals surface area contributed by atoms with Gasteiger partial charge in [-0.25, -0.2) is 0 Å². The maximum Gasteiger partial charge on any atom is 0.260 e. The van der Waals surface area contributed by atoms with E-state index < -0.39 is 0 Å². The molecule has 5 heteroatoms. The Morgan fingerprint density at radius 2 is 2.12 bits per heavy atom. The summed E-state index contributed by atoms with van der Waals surface area (Å²) in [6, 6.07) is 7.28. The molecular weight excluding hydrogens is 240 g/mol. The number of amides is 1. The second-order valence-corrected chi connectivity index (χ2v) is 4.50. The Labute approximate surface area is 106 Å². The van der Waals surface area contributed by atoms with Crippen LogP contribution in [0.3, 0.4) is 0 Å². The number of hydrogen-bond acceptors (Lipinski definition) is 3. The van der Waals surface area contributed by atoms with Crippen LogP contribution in [0.4, 0.5) is 0 Å². The van der Waals surface area contributed by atoms with Gasteiger partial charge in [-0.05, 0) is 24.3 Å². The Morgan fingerprint density at radius 1 is 1.47 bits per heavy atom. The zero-order valence-electron chi connectivity index (χ0n) is 9.65. The van der Waals surface area contributed by atoms with E-state index in [9.17, 15) is 4.79 Å². The van der Waals surface area contributed by atoms with E-state index in [2.05, 4.69) is 5.32 Å². The Hall–Kier alpha value is -1.26. The normalized spacial score (nSPS) is 15.2. The molecule has 0 aromatic heterocycles. The molecule has 0 aliphatic carbocycles. The van der Waals surface area contributed by atoms with E-state index >= 15 is 0 Å². The van der Waals surface area contributed by atoms with Crippen LogP contribution >= 0.6 is 11.6 Å². The average Bonchev–Trinajstić information content (AvgIpc) is 2.25. The molecule has 1 aromatic carbocycles. The molecule has 1 saturated heterocycles. The van der Waals surface area contributed by atoms with Crippen molar-refractivity contribution in [2.45, 2.75) is 6.04 Å². The van der Waals surface area contributed by atoms with Gasteiger partial charge in [0.15, 0.2) is 6.61 Å². The first-order valence-electron chi connectivity index (χ1n) is 5.51. The first-order valence-corrected chi connectivity index (χ1v) is 5.89. The van der Waals surface area contributed by atoms with Gasteiger partial charge in [-0.3, -0.25) is 4.79 Å². The van der Waals surface area contributed by atoms with Crippen LogP contribution in [0.1, 0.15) is 0 Å². The van der Waals surface area contributed by atoms with Gasteiger partial charge in [0.1, 0.15) is 5.75 Å². The first kappa shape index (κ1) is 12.2. The Kier molecular flexibility index (Phi) is 3.86. The van der Waals surface area contributed by atoms with E-state index in [0.717, 1.165) is 13.1 Å². The van der Waals surface area contributed by atoms with Crippen LogP contribution in [0.5, 0.6) is 5.75 Å². The van der Waals surface area contributed by atoms with Crippen molar-refractivity contribution in [3.63, 3.8) is 0 Å². The van der Waals surface area contributed by atoms with Crippen LogP contribution in [0.15, 0.2) is 24.3 Å². The quantitative estimate of drug-likeness (QED) is 0.877. The molecule has 0 saturated carbocycles. The number of rotatable bonds is 4. The number of halogens is 1. The summed E-state index contributed by atoms with van der Waals surface area (Å²) in [5.41, 5.74) is 0. The molecule has 1 aromatic rings. The molecule has 0 radical (unpaired) electrons. The third-order valence-electron chi connectivity index (χ3n) is 2.88. The number of benzene rings is 1. The van der Waals surface area contributed by atoms with E-state index in [0.29, 0.717) is 16.8 Å². The summed E-state index contributed by atoms with van der Waals surface area (Å²) in [7, 11) is 1.80. The second kappa shape index (κ2) is 5.38. The predicted octanol–water partition coefficient (Wildman–Crippen LogP) is 1.15. The summed E-state index contributed by atoms with van der Waals surface area (Å²) < 4.78 is 5.39. The molecule has 4 nitrogen and oxygen atoms in total. The van der Waals surface area contributed by atoms with Crippen LogP contribution in [0.25, 0.3) is 0 Å². The molecule has 17 heavy (non-hydrogen) atoms. The van der Waals surface area contributed by atoms with Gasteiger partial charge in [0.2, 0.25) is 0 Å². The maximum atomic E-state index is 11.8. The maximum absolute atomic E-state index is 11.8. The van der Waals surface area contributed by atoms with Crippen LogP contribution < -0.4 is 10.1 Å². The molecule has 0 unspecified atom stereocenters. The fraction of sp³-hybridized carbons (Fsp3) is 0.417. The molecule has 0 spiro atoms. The first-order chi connectivity index (χ1) is 8.16. The van der Waals surface area contributed by atoms with E-state index in [1.54, 1.807) is 36.2 Å². The van der Waals surface area contributed by atoms with E-state index in [1.807, 2.05) is 0 Å². The molecule has 1 heterocycles. The van der Waals surface area contributed by atoms with Crippen molar-refractivity contribution in [1.29, 1.82) is 0 Å². The van der Waals surface area contributed by atoms with E-state index in [1.165, 1.54) is 0 Å². The summed E-state index contributed by atoms with van der Waals surface area (Å²) in [4.78, 5) is 13.5. The number of nitrogens with one attached hydrogen (secondary N) is 1. The lowest BCUT2D eigenvalue weighted by atomic mass is 10.1. The lowest BCUT2D eigenvalue weighted by molar-refractivity contribution is -0.135. The standard InChI is InChI=1S/C12H15ClN2O2/c1-15(10-6-14-7-10)12(16)8-17-11-4-2-9(13)3-5-11/h2-5,10,14H,6-8H2,1H3. The molecule has 1 aliphatic rings. The fourth-order valence-corrected chi connectivity index (χ4v) is 1.65. The lowest BCUT2D eigenvalue weighted by Gasteiger charge is -2.35. The average molecular weight is 255 g/mol. The van der Waals surface area contributed by atoms with E-state index in [4.69, 9.17) is 16.3 Å². The van der Waals surface area contributed by atoms with Crippen molar-refractivity contribution in [2.24, 2.45) is 0 Å². The highest BCUT2D eigenvalue weighted by molar-refractivity contribution is 6.30. The Bertz CT molecular complexity index is 390. The second-order valence-electron chi connectivity index (χ2n) is 4.06. The lowest BCUT2D eigenvalue weighted by Crippen LogP contribution is -2.58. The summed E-state index contributed by atoms with van der Waals surface area (Å²) >= 11 is 5.76. The number of nitrogens with zero attached hydrogens (tertiary/aromatic N) is 1. The van der Waals surface area contributed by atoms with Gasteiger partial charge in [-0.2, -0.15) is 0 Å². The minimum atomic E-state index is -0.00792. The SMILES string of the molecule is CN(C(=O)COc1ccc(Cl)cc1)C1CNC1. The van der Waals surface area contributed by atoms with Crippen LogP contribution in [0.2, 0.25) is 5.02 Å². The summed E-state index contributed by atoms with van der Waals surface area (Å²) in [6.45, 7) is 1.79. The van der Waals surface area contributed by atoms with Gasteiger partial charge in [-0.15, -0.1) is 0 Å². The minimum Gasteiger partial charge on any atom is -0.484 e. The highest BCUT2D eigenvalue weighted by Gasteiger charge is 2.25. The molecule has 92 valence electrons. The molecule has 1 N–H and O–H groups in total. The number of carbonyl (C=O) groups is 1. The summed E-state index contributed by atoms with van der Waals surface area (Å²) in [5, 5.41) is 3.78. The minimum absolute atomic E-state index is 0.00792. The van der Waals surface area contributed by atoms with Crippen LogP contribution in [0, 0.1) is 0 Å². The van der Waals surface area contributed by atoms with Crippen molar-refractivity contribution in [1.82, 2.24) is 10.2 Å². The third-order valence-corrected chi connectivity index (χ3v) is 3.13. The Morgan fingerprint density at radius 3 is 2.65 bits per heavy atom. The van der Waals surface area contributed by atoms with Gasteiger partial charge in [0.05, 0.1) is 6.04 Å². The van der Waals surface area contributed by atoms with Crippen molar-refractivity contribution in [2.75, 3.05) is 26.7 Å². The number of hydrogen-bond donors (Lipinski definition) is 1. The number of ether oxygens (including phenoxy) is 1. The van der Waals surface area contributed by atoms with E-state index in [-0.39, 0.29) is 12.5 Å². The number of carbonyl (C=O) groups excluding carboxylic acids is 1. The third kappa shape index (κ3) is 3.11. The van der Waals surface area contributed by atoms with Crippen molar-refractivity contribution < 1.29 is 9.53 Å². The molecule has 2 rings (SSSR count).